The maximum atomic E-state index is 6.73. The highest BCUT2D eigenvalue weighted by molar-refractivity contribution is 7.25. The summed E-state index contributed by atoms with van der Waals surface area (Å²) in [4.78, 5) is 0. The number of para-hydroxylation sites is 3. The monoisotopic (exact) mass is 515 g/mol. The van der Waals surface area contributed by atoms with E-state index in [9.17, 15) is 0 Å². The van der Waals surface area contributed by atoms with Gasteiger partial charge in [0, 0.05) is 41.7 Å². The van der Waals surface area contributed by atoms with E-state index in [0.29, 0.717) is 0 Å². The normalized spacial score (nSPS) is 12.1. The third-order valence-corrected chi connectivity index (χ3v) is 9.15. The zero-order valence-electron chi connectivity index (χ0n) is 20.9. The Balaban J connectivity index is 1.32. The van der Waals surface area contributed by atoms with E-state index < -0.39 is 0 Å². The van der Waals surface area contributed by atoms with Crippen molar-refractivity contribution in [3.63, 3.8) is 0 Å². The molecule has 3 heteroatoms. The van der Waals surface area contributed by atoms with Crippen LogP contribution in [-0.4, -0.2) is 4.57 Å². The Morgan fingerprint density at radius 3 is 2.00 bits per heavy atom. The summed E-state index contributed by atoms with van der Waals surface area (Å²) in [6, 6.07) is 45.7. The van der Waals surface area contributed by atoms with E-state index in [1.807, 2.05) is 11.3 Å². The van der Waals surface area contributed by atoms with Crippen molar-refractivity contribution in [2.75, 3.05) is 0 Å². The molecule has 3 heterocycles. The molecule has 9 aromatic rings. The molecular formula is C36H21NOS. The Bertz CT molecular complexity index is 2350. The third-order valence-electron chi connectivity index (χ3n) is 8.01. The molecular weight excluding hydrogens is 494 g/mol. The zero-order chi connectivity index (χ0) is 25.5. The van der Waals surface area contributed by atoms with Gasteiger partial charge in [0.25, 0.3) is 0 Å². The summed E-state index contributed by atoms with van der Waals surface area (Å²) in [5, 5.41) is 7.40. The Morgan fingerprint density at radius 2 is 1.18 bits per heavy atom. The molecule has 0 radical (unpaired) electrons. The topological polar surface area (TPSA) is 18.1 Å². The standard InChI is InChI=1S/C36H21NOS/c1-4-14-29-24(9-1)25-10-2-5-15-30(25)37(29)31-16-7-13-27-26-20-19-22(21-32(26)38-36(27)31)23-12-8-18-34-35(23)28-11-3-6-17-33(28)39-34/h1-21H. The Hall–Kier alpha value is -4.86. The molecule has 0 aliphatic heterocycles. The van der Waals surface area contributed by atoms with Crippen LogP contribution in [0.1, 0.15) is 0 Å². The van der Waals surface area contributed by atoms with E-state index in [4.69, 9.17) is 4.42 Å². The molecule has 0 atom stereocenters. The first-order chi connectivity index (χ1) is 19.3. The lowest BCUT2D eigenvalue weighted by Crippen LogP contribution is -1.93. The van der Waals surface area contributed by atoms with Crippen LogP contribution >= 0.6 is 11.3 Å². The molecule has 0 aliphatic rings. The number of nitrogens with zero attached hydrogens (tertiary/aromatic N) is 1. The van der Waals surface area contributed by atoms with E-state index in [0.717, 1.165) is 27.6 Å². The molecule has 0 bridgehead atoms. The molecule has 0 spiro atoms. The van der Waals surface area contributed by atoms with Crippen LogP contribution in [0, 0.1) is 0 Å². The summed E-state index contributed by atoms with van der Waals surface area (Å²) >= 11 is 1.85. The maximum Gasteiger partial charge on any atom is 0.159 e. The highest BCUT2D eigenvalue weighted by Gasteiger charge is 2.18. The number of fused-ring (bicyclic) bond motifs is 9. The fourth-order valence-corrected chi connectivity index (χ4v) is 7.46. The molecule has 0 saturated carbocycles. The van der Waals surface area contributed by atoms with Crippen LogP contribution in [-0.2, 0) is 0 Å². The summed E-state index contributed by atoms with van der Waals surface area (Å²) < 4.78 is 11.7. The molecule has 0 unspecified atom stereocenters. The summed E-state index contributed by atoms with van der Waals surface area (Å²) in [7, 11) is 0. The number of furan rings is 1. The van der Waals surface area contributed by atoms with Gasteiger partial charge in [0.15, 0.2) is 5.58 Å². The van der Waals surface area contributed by atoms with Crippen molar-refractivity contribution in [2.45, 2.75) is 0 Å². The molecule has 0 amide bonds. The average Bonchev–Trinajstić information content (AvgIpc) is 3.66. The molecule has 6 aromatic carbocycles. The van der Waals surface area contributed by atoms with Crippen LogP contribution in [0.5, 0.6) is 0 Å². The smallest absolute Gasteiger partial charge is 0.159 e. The van der Waals surface area contributed by atoms with Gasteiger partial charge in [-0.25, -0.2) is 0 Å². The van der Waals surface area contributed by atoms with Crippen LogP contribution in [0.2, 0.25) is 0 Å². The highest BCUT2D eigenvalue weighted by atomic mass is 32.1. The Kier molecular flexibility index (Phi) is 4.24. The van der Waals surface area contributed by atoms with Gasteiger partial charge in [0.2, 0.25) is 0 Å². The van der Waals surface area contributed by atoms with Gasteiger partial charge >= 0.3 is 0 Å². The van der Waals surface area contributed by atoms with E-state index in [1.54, 1.807) is 0 Å². The molecule has 0 N–H and O–H groups in total. The van der Waals surface area contributed by atoms with Crippen LogP contribution < -0.4 is 0 Å². The van der Waals surface area contributed by atoms with E-state index in [1.165, 1.54) is 53.1 Å². The first-order valence-corrected chi connectivity index (χ1v) is 14.0. The number of hydrogen-bond donors (Lipinski definition) is 0. The predicted molar refractivity (Wildman–Crippen MR) is 166 cm³/mol. The van der Waals surface area contributed by atoms with Crippen molar-refractivity contribution in [3.8, 4) is 16.8 Å². The lowest BCUT2D eigenvalue weighted by molar-refractivity contribution is 0.666. The van der Waals surface area contributed by atoms with E-state index in [2.05, 4.69) is 132 Å². The summed E-state index contributed by atoms with van der Waals surface area (Å²) in [6.45, 7) is 0. The van der Waals surface area contributed by atoms with Gasteiger partial charge in [-0.1, -0.05) is 84.9 Å². The van der Waals surface area contributed by atoms with Gasteiger partial charge in [0.1, 0.15) is 5.58 Å². The van der Waals surface area contributed by atoms with Crippen molar-refractivity contribution in [3.05, 3.63) is 127 Å². The second-order valence-electron chi connectivity index (χ2n) is 10.1. The maximum absolute atomic E-state index is 6.73. The number of rotatable bonds is 2. The fraction of sp³-hybridized carbons (Fsp3) is 0. The Morgan fingerprint density at radius 1 is 0.513 bits per heavy atom. The second-order valence-corrected chi connectivity index (χ2v) is 11.2. The second kappa shape index (κ2) is 7.83. The van der Waals surface area contributed by atoms with Crippen LogP contribution in [0.4, 0.5) is 0 Å². The van der Waals surface area contributed by atoms with Crippen LogP contribution in [0.3, 0.4) is 0 Å². The third kappa shape index (κ3) is 2.91. The molecule has 9 rings (SSSR count). The van der Waals surface area contributed by atoms with Gasteiger partial charge < -0.3 is 8.98 Å². The molecule has 3 aromatic heterocycles. The predicted octanol–water partition coefficient (Wildman–Crippen LogP) is 10.7. The minimum absolute atomic E-state index is 0.909. The van der Waals surface area contributed by atoms with Gasteiger partial charge in [-0.05, 0) is 53.6 Å². The van der Waals surface area contributed by atoms with E-state index >= 15 is 0 Å². The van der Waals surface area contributed by atoms with Gasteiger partial charge in [-0.2, -0.15) is 0 Å². The zero-order valence-corrected chi connectivity index (χ0v) is 21.7. The number of thiophene rings is 1. The largest absolute Gasteiger partial charge is 0.454 e. The molecule has 39 heavy (non-hydrogen) atoms. The minimum atomic E-state index is 0.909. The quantitative estimate of drug-likeness (QED) is 0.224. The van der Waals surface area contributed by atoms with Crippen molar-refractivity contribution in [2.24, 2.45) is 0 Å². The van der Waals surface area contributed by atoms with Crippen molar-refractivity contribution in [1.29, 1.82) is 0 Å². The number of hydrogen-bond acceptors (Lipinski definition) is 2. The SMILES string of the molecule is c1ccc2c(c1)sc1cccc(-c3ccc4c(c3)oc3c(-n5c6ccccc6c6ccccc65)cccc34)c12. The van der Waals surface area contributed by atoms with Gasteiger partial charge in [-0.15, -0.1) is 11.3 Å². The van der Waals surface area contributed by atoms with E-state index in [-0.39, 0.29) is 0 Å². The van der Waals surface area contributed by atoms with Crippen molar-refractivity contribution in [1.82, 2.24) is 4.57 Å². The molecule has 2 nitrogen and oxygen atoms in total. The number of aromatic nitrogens is 1. The van der Waals surface area contributed by atoms with Crippen LogP contribution in [0.15, 0.2) is 132 Å². The average molecular weight is 516 g/mol. The summed E-state index contributed by atoms with van der Waals surface area (Å²) in [5.41, 5.74) is 7.67. The molecule has 0 fully saturated rings. The lowest BCUT2D eigenvalue weighted by Gasteiger charge is -2.08. The van der Waals surface area contributed by atoms with Gasteiger partial charge in [-0.3, -0.25) is 0 Å². The lowest BCUT2D eigenvalue weighted by atomic mass is 9.98. The van der Waals surface area contributed by atoms with Crippen molar-refractivity contribution >= 4 is 75.3 Å². The number of benzene rings is 6. The first kappa shape index (κ1) is 21.1. The highest BCUT2D eigenvalue weighted by Crippen LogP contribution is 2.42. The van der Waals surface area contributed by atoms with Crippen LogP contribution in [0.25, 0.3) is 80.7 Å². The molecule has 182 valence electrons. The van der Waals surface area contributed by atoms with Crippen molar-refractivity contribution < 1.29 is 4.42 Å². The Labute approximate surface area is 227 Å². The first-order valence-electron chi connectivity index (χ1n) is 13.2. The fourth-order valence-electron chi connectivity index (χ4n) is 6.32. The summed E-state index contributed by atoms with van der Waals surface area (Å²) in [6.07, 6.45) is 0. The van der Waals surface area contributed by atoms with Gasteiger partial charge in [0.05, 0.1) is 16.7 Å². The molecule has 0 aliphatic carbocycles. The summed E-state index contributed by atoms with van der Waals surface area (Å²) in [5.74, 6) is 0. The molecule has 0 saturated heterocycles. The minimum Gasteiger partial charge on any atom is -0.454 e.